The van der Waals surface area contributed by atoms with Gasteiger partial charge in [-0.1, -0.05) is 0 Å². The van der Waals surface area contributed by atoms with Crippen molar-refractivity contribution in [3.63, 3.8) is 0 Å². The van der Waals surface area contributed by atoms with E-state index in [1.807, 2.05) is 0 Å². The second kappa shape index (κ2) is 6.62. The number of hydrogen-bond donors (Lipinski definition) is 1. The molecule has 1 N–H and O–H groups in total. The number of rotatable bonds is 4. The van der Waals surface area contributed by atoms with Gasteiger partial charge in [0.1, 0.15) is 0 Å². The van der Waals surface area contributed by atoms with E-state index < -0.39 is 10.0 Å². The quantitative estimate of drug-likeness (QED) is 0.829. The van der Waals surface area contributed by atoms with Crippen molar-refractivity contribution in [2.75, 3.05) is 32.5 Å². The summed E-state index contributed by atoms with van der Waals surface area (Å²) in [6.45, 7) is 4.09. The average molecular weight is 318 g/mol. The summed E-state index contributed by atoms with van der Waals surface area (Å²) in [4.78, 5) is 10.9. The van der Waals surface area contributed by atoms with Crippen LogP contribution in [0.3, 0.4) is 0 Å². The molecule has 0 aromatic rings. The molecule has 21 heavy (non-hydrogen) atoms. The number of ether oxygens (including phenoxy) is 1. The maximum Gasteiger partial charge on any atom is 0.216 e. The van der Waals surface area contributed by atoms with Crippen LogP contribution < -0.4 is 5.32 Å². The Labute approximate surface area is 127 Å². The molecule has 2 aliphatic heterocycles. The second-order valence-electron chi connectivity index (χ2n) is 6.32. The molecule has 2 heterocycles. The molecule has 0 aromatic heterocycles. The number of nitrogens with zero attached hydrogens (tertiary/aromatic N) is 1. The Morgan fingerprint density at radius 1 is 1.38 bits per heavy atom. The smallest absolute Gasteiger partial charge is 0.216 e. The Morgan fingerprint density at radius 3 is 2.62 bits per heavy atom. The van der Waals surface area contributed by atoms with Crippen LogP contribution in [-0.2, 0) is 19.6 Å². The summed E-state index contributed by atoms with van der Waals surface area (Å²) < 4.78 is 30.7. The van der Waals surface area contributed by atoms with Crippen LogP contribution in [0.15, 0.2) is 0 Å². The number of amides is 1. The van der Waals surface area contributed by atoms with Crippen molar-refractivity contribution in [1.82, 2.24) is 9.62 Å². The van der Waals surface area contributed by atoms with Gasteiger partial charge in [-0.05, 0) is 38.0 Å². The van der Waals surface area contributed by atoms with E-state index >= 15 is 0 Å². The second-order valence-corrected chi connectivity index (χ2v) is 8.31. The molecule has 0 radical (unpaired) electrons. The molecule has 0 aliphatic carbocycles. The summed E-state index contributed by atoms with van der Waals surface area (Å²) in [5.74, 6) is 0.564. The third-order valence-electron chi connectivity index (χ3n) is 4.62. The lowest BCUT2D eigenvalue weighted by molar-refractivity contribution is -0.122. The van der Waals surface area contributed by atoms with Crippen molar-refractivity contribution in [1.29, 1.82) is 0 Å². The van der Waals surface area contributed by atoms with Crippen LogP contribution in [0.4, 0.5) is 0 Å². The first-order valence-electron chi connectivity index (χ1n) is 7.64. The predicted molar refractivity (Wildman–Crippen MR) is 80.4 cm³/mol. The van der Waals surface area contributed by atoms with Crippen molar-refractivity contribution in [3.8, 4) is 0 Å². The van der Waals surface area contributed by atoms with E-state index in [0.29, 0.717) is 25.6 Å². The van der Waals surface area contributed by atoms with Crippen LogP contribution in [0.5, 0.6) is 0 Å². The molecule has 1 amide bonds. The van der Waals surface area contributed by atoms with Gasteiger partial charge in [0.05, 0.1) is 11.9 Å². The molecule has 2 saturated heterocycles. The number of carbonyl (C=O) groups excluding carboxylic acids is 1. The molecule has 2 aliphatic rings. The Morgan fingerprint density at radius 2 is 2.05 bits per heavy atom. The van der Waals surface area contributed by atoms with Crippen molar-refractivity contribution in [2.24, 2.45) is 5.92 Å². The SMILES string of the molecule is CC(=O)NCCC1CCOC2(CCN(S(C)(=O)=O)CC2)C1. The summed E-state index contributed by atoms with van der Waals surface area (Å²) in [7, 11) is -3.09. The lowest BCUT2D eigenvalue weighted by Crippen LogP contribution is -2.50. The summed E-state index contributed by atoms with van der Waals surface area (Å²) in [5.41, 5.74) is -0.152. The summed E-state index contributed by atoms with van der Waals surface area (Å²) in [6, 6.07) is 0. The first kappa shape index (κ1) is 16.7. The highest BCUT2D eigenvalue weighted by molar-refractivity contribution is 7.88. The third kappa shape index (κ3) is 4.66. The molecule has 122 valence electrons. The average Bonchev–Trinajstić information content (AvgIpc) is 2.38. The maximum atomic E-state index is 11.6. The molecule has 2 fully saturated rings. The van der Waals surface area contributed by atoms with E-state index in [9.17, 15) is 13.2 Å². The highest BCUT2D eigenvalue weighted by Gasteiger charge is 2.41. The molecular formula is C14H26N2O4S. The standard InChI is InChI=1S/C14H26N2O4S/c1-12(17)15-7-3-13-4-10-20-14(11-13)5-8-16(9-6-14)21(2,18)19/h13H,3-11H2,1-2H3,(H,15,17). The molecule has 1 spiro atoms. The molecule has 7 heteroatoms. The van der Waals surface area contributed by atoms with Gasteiger partial charge in [-0.3, -0.25) is 4.79 Å². The lowest BCUT2D eigenvalue weighted by atomic mass is 9.79. The van der Waals surface area contributed by atoms with Gasteiger partial charge >= 0.3 is 0 Å². The Balaban J connectivity index is 1.85. The van der Waals surface area contributed by atoms with Gasteiger partial charge in [-0.2, -0.15) is 0 Å². The van der Waals surface area contributed by atoms with E-state index in [-0.39, 0.29) is 11.5 Å². The zero-order chi connectivity index (χ0) is 15.5. The molecular weight excluding hydrogens is 292 g/mol. The highest BCUT2D eigenvalue weighted by Crippen LogP contribution is 2.39. The van der Waals surface area contributed by atoms with E-state index in [1.165, 1.54) is 13.2 Å². The maximum absolute atomic E-state index is 11.6. The van der Waals surface area contributed by atoms with Crippen molar-refractivity contribution < 1.29 is 17.9 Å². The first-order chi connectivity index (χ1) is 9.81. The minimum absolute atomic E-state index is 0.0123. The molecule has 0 bridgehead atoms. The van der Waals surface area contributed by atoms with E-state index in [4.69, 9.17) is 4.74 Å². The van der Waals surface area contributed by atoms with Crippen LogP contribution in [0.2, 0.25) is 0 Å². The topological polar surface area (TPSA) is 75.7 Å². The predicted octanol–water partition coefficient (Wildman–Crippen LogP) is 0.733. The fraction of sp³-hybridized carbons (Fsp3) is 0.929. The Bertz CT molecular complexity index is 469. The van der Waals surface area contributed by atoms with Crippen LogP contribution in [0, 0.1) is 5.92 Å². The number of sulfonamides is 1. The monoisotopic (exact) mass is 318 g/mol. The largest absolute Gasteiger partial charge is 0.375 e. The Hall–Kier alpha value is -0.660. The number of carbonyl (C=O) groups is 1. The summed E-state index contributed by atoms with van der Waals surface area (Å²) >= 11 is 0. The number of hydrogen-bond acceptors (Lipinski definition) is 4. The fourth-order valence-electron chi connectivity index (χ4n) is 3.40. The van der Waals surface area contributed by atoms with Crippen molar-refractivity contribution in [3.05, 3.63) is 0 Å². The minimum atomic E-state index is -3.09. The summed E-state index contributed by atoms with van der Waals surface area (Å²) in [6.07, 6.45) is 5.79. The fourth-order valence-corrected chi connectivity index (χ4v) is 4.25. The van der Waals surface area contributed by atoms with Gasteiger partial charge in [0.25, 0.3) is 0 Å². The van der Waals surface area contributed by atoms with Crippen LogP contribution >= 0.6 is 0 Å². The molecule has 1 atom stereocenters. The number of piperidine rings is 1. The van der Waals surface area contributed by atoms with Gasteiger partial charge in [0.2, 0.25) is 15.9 Å². The molecule has 0 aromatic carbocycles. The van der Waals surface area contributed by atoms with Gasteiger partial charge < -0.3 is 10.1 Å². The first-order valence-corrected chi connectivity index (χ1v) is 9.49. The summed E-state index contributed by atoms with van der Waals surface area (Å²) in [5, 5.41) is 2.84. The molecule has 2 rings (SSSR count). The zero-order valence-corrected chi connectivity index (χ0v) is 13.7. The van der Waals surface area contributed by atoms with Gasteiger partial charge in [0, 0.05) is 33.2 Å². The van der Waals surface area contributed by atoms with Crippen molar-refractivity contribution >= 4 is 15.9 Å². The van der Waals surface area contributed by atoms with Crippen molar-refractivity contribution in [2.45, 2.75) is 44.6 Å². The zero-order valence-electron chi connectivity index (χ0n) is 12.9. The van der Waals surface area contributed by atoms with Crippen LogP contribution in [0.1, 0.15) is 39.0 Å². The van der Waals surface area contributed by atoms with Crippen LogP contribution in [-0.4, -0.2) is 56.7 Å². The van der Waals surface area contributed by atoms with Gasteiger partial charge in [0.15, 0.2) is 0 Å². The number of nitrogens with one attached hydrogen (secondary N) is 1. The lowest BCUT2D eigenvalue weighted by Gasteiger charge is -2.45. The highest BCUT2D eigenvalue weighted by atomic mass is 32.2. The Kier molecular flexibility index (Phi) is 5.27. The third-order valence-corrected chi connectivity index (χ3v) is 5.93. The van der Waals surface area contributed by atoms with E-state index in [2.05, 4.69) is 5.32 Å². The molecule has 0 saturated carbocycles. The van der Waals surface area contributed by atoms with Gasteiger partial charge in [-0.25, -0.2) is 12.7 Å². The van der Waals surface area contributed by atoms with Gasteiger partial charge in [-0.15, -0.1) is 0 Å². The normalized spacial score (nSPS) is 26.7. The minimum Gasteiger partial charge on any atom is -0.375 e. The van der Waals surface area contributed by atoms with E-state index in [1.54, 1.807) is 4.31 Å². The molecule has 6 nitrogen and oxygen atoms in total. The van der Waals surface area contributed by atoms with Crippen LogP contribution in [0.25, 0.3) is 0 Å². The van der Waals surface area contributed by atoms with E-state index in [0.717, 1.165) is 38.7 Å². The molecule has 1 unspecified atom stereocenters.